The van der Waals surface area contributed by atoms with Gasteiger partial charge in [0.1, 0.15) is 0 Å². The number of fused-ring (bicyclic) bond motifs is 3. The first-order valence-electron chi connectivity index (χ1n) is 7.48. The van der Waals surface area contributed by atoms with E-state index in [1.807, 2.05) is 6.07 Å². The molecule has 0 unspecified atom stereocenters. The van der Waals surface area contributed by atoms with Crippen LogP contribution in [0, 0.1) is 0 Å². The van der Waals surface area contributed by atoms with E-state index in [0.29, 0.717) is 19.7 Å². The van der Waals surface area contributed by atoms with Crippen LogP contribution in [0.5, 0.6) is 0 Å². The van der Waals surface area contributed by atoms with Crippen molar-refractivity contribution in [3.8, 4) is 11.1 Å². The maximum absolute atomic E-state index is 11.9. The molecule has 2 aromatic rings. The quantitative estimate of drug-likeness (QED) is 0.682. The summed E-state index contributed by atoms with van der Waals surface area (Å²) in [5, 5.41) is 5.97. The molecule has 0 aliphatic heterocycles. The van der Waals surface area contributed by atoms with Crippen LogP contribution >= 0.6 is 12.4 Å². The van der Waals surface area contributed by atoms with Gasteiger partial charge < -0.3 is 15.4 Å². The number of carbonyl (C=O) groups excluding carboxylic acids is 1. The van der Waals surface area contributed by atoms with Crippen LogP contribution in [0.4, 0.5) is 5.69 Å². The molecule has 0 saturated carbocycles. The summed E-state index contributed by atoms with van der Waals surface area (Å²) in [5.41, 5.74) is 6.04. The topological polar surface area (TPSA) is 50.4 Å². The number of carbonyl (C=O) groups is 1. The number of rotatable bonds is 6. The minimum Gasteiger partial charge on any atom is -0.383 e. The van der Waals surface area contributed by atoms with Gasteiger partial charge in [-0.2, -0.15) is 0 Å². The number of methoxy groups -OCH3 is 1. The van der Waals surface area contributed by atoms with E-state index in [1.54, 1.807) is 7.11 Å². The van der Waals surface area contributed by atoms with Crippen LogP contribution in [0.25, 0.3) is 11.1 Å². The highest BCUT2D eigenvalue weighted by atomic mass is 35.5. The van der Waals surface area contributed by atoms with Crippen molar-refractivity contribution in [1.29, 1.82) is 0 Å². The molecule has 0 aromatic heterocycles. The maximum atomic E-state index is 11.9. The first-order chi connectivity index (χ1) is 10.8. The number of anilines is 1. The van der Waals surface area contributed by atoms with E-state index in [4.69, 9.17) is 4.74 Å². The van der Waals surface area contributed by atoms with E-state index in [0.717, 1.165) is 12.1 Å². The molecule has 23 heavy (non-hydrogen) atoms. The highest BCUT2D eigenvalue weighted by Gasteiger charge is 2.18. The third-order valence-electron chi connectivity index (χ3n) is 3.85. The Labute approximate surface area is 142 Å². The third-order valence-corrected chi connectivity index (χ3v) is 3.85. The molecule has 122 valence electrons. The zero-order valence-corrected chi connectivity index (χ0v) is 13.9. The van der Waals surface area contributed by atoms with Crippen LogP contribution in [0.1, 0.15) is 11.1 Å². The monoisotopic (exact) mass is 332 g/mol. The summed E-state index contributed by atoms with van der Waals surface area (Å²) in [5.74, 6) is -0.0356. The zero-order valence-electron chi connectivity index (χ0n) is 13.1. The van der Waals surface area contributed by atoms with Gasteiger partial charge in [0.2, 0.25) is 5.91 Å². The van der Waals surface area contributed by atoms with Crippen molar-refractivity contribution >= 4 is 24.0 Å². The van der Waals surface area contributed by atoms with Gasteiger partial charge in [-0.25, -0.2) is 0 Å². The molecule has 0 heterocycles. The first-order valence-corrected chi connectivity index (χ1v) is 7.48. The fourth-order valence-corrected chi connectivity index (χ4v) is 2.80. The van der Waals surface area contributed by atoms with Crippen molar-refractivity contribution in [2.24, 2.45) is 0 Å². The van der Waals surface area contributed by atoms with Gasteiger partial charge in [-0.05, 0) is 40.8 Å². The van der Waals surface area contributed by atoms with Crippen molar-refractivity contribution in [3.63, 3.8) is 0 Å². The molecule has 0 bridgehead atoms. The van der Waals surface area contributed by atoms with Crippen LogP contribution in [-0.2, 0) is 16.0 Å². The van der Waals surface area contributed by atoms with Gasteiger partial charge in [-0.3, -0.25) is 4.79 Å². The summed E-state index contributed by atoms with van der Waals surface area (Å²) in [4.78, 5) is 11.9. The van der Waals surface area contributed by atoms with Gasteiger partial charge in [-0.15, -0.1) is 12.4 Å². The normalized spacial score (nSPS) is 11.3. The number of halogens is 1. The van der Waals surface area contributed by atoms with Gasteiger partial charge in [0.15, 0.2) is 0 Å². The fourth-order valence-electron chi connectivity index (χ4n) is 2.80. The number of benzene rings is 2. The third kappa shape index (κ3) is 4.10. The second-order valence-corrected chi connectivity index (χ2v) is 5.42. The summed E-state index contributed by atoms with van der Waals surface area (Å²) in [6.45, 7) is 1.56. The molecule has 2 aromatic carbocycles. The highest BCUT2D eigenvalue weighted by Crippen LogP contribution is 2.37. The molecule has 0 fully saturated rings. The largest absolute Gasteiger partial charge is 0.383 e. The summed E-state index contributed by atoms with van der Waals surface area (Å²) in [7, 11) is 1.64. The van der Waals surface area contributed by atoms with Crippen LogP contribution in [-0.4, -0.2) is 32.7 Å². The smallest absolute Gasteiger partial charge is 0.238 e. The molecule has 1 aliphatic carbocycles. The Bertz CT molecular complexity index is 688. The van der Waals surface area contributed by atoms with Gasteiger partial charge in [0.05, 0.1) is 13.2 Å². The minimum absolute atomic E-state index is 0. The van der Waals surface area contributed by atoms with Crippen molar-refractivity contribution in [1.82, 2.24) is 5.32 Å². The number of amides is 1. The summed E-state index contributed by atoms with van der Waals surface area (Å²) in [6.07, 6.45) is 0.932. The van der Waals surface area contributed by atoms with Crippen LogP contribution < -0.4 is 10.6 Å². The Balaban J connectivity index is 0.00000192. The molecule has 3 rings (SSSR count). The lowest BCUT2D eigenvalue weighted by molar-refractivity contribution is -0.115. The number of hydrogen-bond acceptors (Lipinski definition) is 3. The molecule has 2 N–H and O–H groups in total. The summed E-state index contributed by atoms with van der Waals surface area (Å²) >= 11 is 0. The fraction of sp³-hybridized carbons (Fsp3) is 0.278. The van der Waals surface area contributed by atoms with E-state index in [9.17, 15) is 4.79 Å². The SMILES string of the molecule is COCCNCC(=O)Nc1ccc2c(c1)Cc1ccccc1-2.Cl. The lowest BCUT2D eigenvalue weighted by Gasteiger charge is -2.08. The molecule has 1 amide bonds. The van der Waals surface area contributed by atoms with Crippen LogP contribution in [0.15, 0.2) is 42.5 Å². The van der Waals surface area contributed by atoms with Gasteiger partial charge in [-0.1, -0.05) is 30.3 Å². The number of ether oxygens (including phenoxy) is 1. The van der Waals surface area contributed by atoms with Crippen LogP contribution in [0.2, 0.25) is 0 Å². The Kier molecular flexibility index (Phi) is 6.16. The predicted molar refractivity (Wildman–Crippen MR) is 95.3 cm³/mol. The lowest BCUT2D eigenvalue weighted by Crippen LogP contribution is -2.30. The van der Waals surface area contributed by atoms with E-state index >= 15 is 0 Å². The Hall–Kier alpha value is -1.88. The molecule has 0 radical (unpaired) electrons. The molecular weight excluding hydrogens is 312 g/mol. The van der Waals surface area contributed by atoms with Crippen molar-refractivity contribution < 1.29 is 9.53 Å². The molecule has 5 heteroatoms. The lowest BCUT2D eigenvalue weighted by atomic mass is 10.1. The van der Waals surface area contributed by atoms with Crippen molar-refractivity contribution in [2.75, 3.05) is 32.1 Å². The molecular formula is C18H21ClN2O2. The average Bonchev–Trinajstić information content (AvgIpc) is 2.89. The van der Waals surface area contributed by atoms with Crippen molar-refractivity contribution in [3.05, 3.63) is 53.6 Å². The highest BCUT2D eigenvalue weighted by molar-refractivity contribution is 5.93. The van der Waals surface area contributed by atoms with E-state index < -0.39 is 0 Å². The van der Waals surface area contributed by atoms with Crippen molar-refractivity contribution in [2.45, 2.75) is 6.42 Å². The van der Waals surface area contributed by atoms with Crippen LogP contribution in [0.3, 0.4) is 0 Å². The van der Waals surface area contributed by atoms with Gasteiger partial charge >= 0.3 is 0 Å². The molecule has 1 aliphatic rings. The van der Waals surface area contributed by atoms with E-state index in [2.05, 4.69) is 47.0 Å². The molecule has 0 saturated heterocycles. The predicted octanol–water partition coefficient (Wildman–Crippen LogP) is 2.85. The minimum atomic E-state index is -0.0356. The molecule has 4 nitrogen and oxygen atoms in total. The summed E-state index contributed by atoms with van der Waals surface area (Å²) < 4.78 is 4.93. The first kappa shape index (κ1) is 17.5. The van der Waals surface area contributed by atoms with E-state index in [1.165, 1.54) is 22.3 Å². The second kappa shape index (κ2) is 8.11. The van der Waals surface area contributed by atoms with Gasteiger partial charge in [0, 0.05) is 19.3 Å². The van der Waals surface area contributed by atoms with Gasteiger partial charge in [0.25, 0.3) is 0 Å². The number of nitrogens with one attached hydrogen (secondary N) is 2. The second-order valence-electron chi connectivity index (χ2n) is 5.42. The summed E-state index contributed by atoms with van der Waals surface area (Å²) in [6, 6.07) is 14.6. The average molecular weight is 333 g/mol. The Morgan fingerprint density at radius 2 is 1.91 bits per heavy atom. The Morgan fingerprint density at radius 3 is 2.74 bits per heavy atom. The molecule has 0 spiro atoms. The maximum Gasteiger partial charge on any atom is 0.238 e. The zero-order chi connectivity index (χ0) is 15.4. The van der Waals surface area contributed by atoms with E-state index in [-0.39, 0.29) is 18.3 Å². The molecule has 0 atom stereocenters. The number of hydrogen-bond donors (Lipinski definition) is 2. The standard InChI is InChI=1S/C18H20N2O2.ClH/c1-22-9-8-19-12-18(21)20-15-6-7-17-14(11-15)10-13-4-2-3-5-16(13)17;/h2-7,11,19H,8-10,12H2,1H3,(H,20,21);1H. The Morgan fingerprint density at radius 1 is 1.13 bits per heavy atom.